The van der Waals surface area contributed by atoms with E-state index in [0.29, 0.717) is 6.42 Å². The Kier molecular flexibility index (Phi) is 13.9. The predicted octanol–water partition coefficient (Wildman–Crippen LogP) is 0.772. The Labute approximate surface area is 155 Å². The third-order valence-electron chi connectivity index (χ3n) is 4.43. The molecule has 0 aliphatic carbocycles. The first-order chi connectivity index (χ1) is 12.3. The molecule has 6 N–H and O–H groups in total. The number of carbonyl (C=O) groups is 1. The molecule has 0 saturated carbocycles. The van der Waals surface area contributed by atoms with Crippen LogP contribution in [0.2, 0.25) is 0 Å². The highest BCUT2D eigenvalue weighted by Gasteiger charge is 2.50. The largest absolute Gasteiger partial charge is 0.477 e. The summed E-state index contributed by atoms with van der Waals surface area (Å²) in [4.78, 5) is 11.2. The predicted molar refractivity (Wildman–Crippen MR) is 95.5 cm³/mol. The van der Waals surface area contributed by atoms with Crippen LogP contribution in [-0.2, 0) is 9.53 Å². The number of rotatable bonds is 17. The molecule has 0 aliphatic rings. The molecule has 0 spiro atoms. The van der Waals surface area contributed by atoms with Gasteiger partial charge in [-0.3, -0.25) is 0 Å². The van der Waals surface area contributed by atoms with Gasteiger partial charge in [-0.15, -0.1) is 0 Å². The summed E-state index contributed by atoms with van der Waals surface area (Å²) >= 11 is 0. The number of ether oxygens (including phenoxy) is 1. The molecule has 156 valence electrons. The second kappa shape index (κ2) is 14.3. The van der Waals surface area contributed by atoms with Crippen molar-refractivity contribution in [2.75, 3.05) is 13.2 Å². The summed E-state index contributed by atoms with van der Waals surface area (Å²) in [6.45, 7) is 1.17. The molecule has 4 atom stereocenters. The highest BCUT2D eigenvalue weighted by Crippen LogP contribution is 2.20. The van der Waals surface area contributed by atoms with Gasteiger partial charge in [-0.25, -0.2) is 4.79 Å². The van der Waals surface area contributed by atoms with Gasteiger partial charge < -0.3 is 35.4 Å². The van der Waals surface area contributed by atoms with Crippen molar-refractivity contribution in [1.82, 2.24) is 0 Å². The zero-order chi connectivity index (χ0) is 20.0. The van der Waals surface area contributed by atoms with E-state index in [-0.39, 0.29) is 6.61 Å². The van der Waals surface area contributed by atoms with Crippen LogP contribution in [0.25, 0.3) is 0 Å². The molecule has 0 aliphatic heterocycles. The first kappa shape index (κ1) is 25.2. The Morgan fingerprint density at radius 3 is 1.81 bits per heavy atom. The first-order valence-corrected chi connectivity index (χ1v) is 9.56. The van der Waals surface area contributed by atoms with E-state index in [2.05, 4.69) is 6.92 Å². The quantitative estimate of drug-likeness (QED) is 0.160. The maximum absolute atomic E-state index is 11.2. The van der Waals surface area contributed by atoms with Gasteiger partial charge in [0.15, 0.2) is 0 Å². The molecule has 0 aromatic carbocycles. The Bertz CT molecular complexity index is 365. The summed E-state index contributed by atoms with van der Waals surface area (Å²) in [5.74, 6) is -4.92. The van der Waals surface area contributed by atoms with Crippen LogP contribution in [0.1, 0.15) is 71.1 Å². The van der Waals surface area contributed by atoms with Gasteiger partial charge in [-0.05, 0) is 6.42 Å². The van der Waals surface area contributed by atoms with Crippen LogP contribution in [-0.4, -0.2) is 73.9 Å². The third-order valence-corrected chi connectivity index (χ3v) is 4.43. The lowest BCUT2D eigenvalue weighted by molar-refractivity contribution is -0.278. The molecular weight excluding hydrogens is 344 g/mol. The van der Waals surface area contributed by atoms with Crippen LogP contribution in [0.3, 0.4) is 0 Å². The van der Waals surface area contributed by atoms with Crippen molar-refractivity contribution in [3.8, 4) is 0 Å². The SMILES string of the molecule is CCCCCCCCCCCCO[C@](O)(C(=O)O)[C@@H](O)[C@H](O)[C@@H](O)CO. The minimum Gasteiger partial charge on any atom is -0.477 e. The molecule has 26 heavy (non-hydrogen) atoms. The molecule has 0 saturated heterocycles. The molecule has 0 rings (SSSR count). The summed E-state index contributed by atoms with van der Waals surface area (Å²) in [6, 6.07) is 0. The van der Waals surface area contributed by atoms with Crippen molar-refractivity contribution in [3.05, 3.63) is 0 Å². The molecule has 0 heterocycles. The summed E-state index contributed by atoms with van der Waals surface area (Å²) in [5, 5.41) is 56.5. The monoisotopic (exact) mass is 380 g/mol. The van der Waals surface area contributed by atoms with E-state index in [1.807, 2.05) is 0 Å². The van der Waals surface area contributed by atoms with E-state index >= 15 is 0 Å². The van der Waals surface area contributed by atoms with Crippen LogP contribution < -0.4 is 0 Å². The van der Waals surface area contributed by atoms with Crippen LogP contribution in [0.15, 0.2) is 0 Å². The topological polar surface area (TPSA) is 148 Å². The smallest absolute Gasteiger partial charge is 0.367 e. The van der Waals surface area contributed by atoms with Crippen molar-refractivity contribution >= 4 is 5.97 Å². The fourth-order valence-corrected chi connectivity index (χ4v) is 2.64. The standard InChI is InChI=1S/C18H36O8/c1-2-3-4-5-6-7-8-9-10-11-12-26-18(25,17(23)24)16(22)15(21)14(20)13-19/h14-16,19-22,25H,2-13H2,1H3,(H,23,24)/t14-,15+,16-,18-/m0/s1. The molecule has 0 aromatic heterocycles. The number of unbranched alkanes of at least 4 members (excludes halogenated alkanes) is 9. The van der Waals surface area contributed by atoms with E-state index in [1.165, 1.54) is 32.1 Å². The normalized spacial score (nSPS) is 17.5. The molecular formula is C18H36O8. The highest BCUT2D eigenvalue weighted by atomic mass is 16.7. The average Bonchev–Trinajstić information content (AvgIpc) is 2.63. The summed E-state index contributed by atoms with van der Waals surface area (Å²) in [5.41, 5.74) is 0. The van der Waals surface area contributed by atoms with E-state index in [9.17, 15) is 25.2 Å². The Morgan fingerprint density at radius 2 is 1.38 bits per heavy atom. The van der Waals surface area contributed by atoms with Gasteiger partial charge in [-0.1, -0.05) is 64.7 Å². The molecule has 0 amide bonds. The van der Waals surface area contributed by atoms with Gasteiger partial charge >= 0.3 is 5.97 Å². The van der Waals surface area contributed by atoms with Gasteiger partial charge in [0, 0.05) is 0 Å². The zero-order valence-electron chi connectivity index (χ0n) is 15.7. The van der Waals surface area contributed by atoms with Gasteiger partial charge in [0.25, 0.3) is 5.79 Å². The minimum atomic E-state index is -3.05. The van der Waals surface area contributed by atoms with Crippen LogP contribution in [0.4, 0.5) is 0 Å². The Morgan fingerprint density at radius 1 is 0.923 bits per heavy atom. The fourth-order valence-electron chi connectivity index (χ4n) is 2.64. The Balaban J connectivity index is 4.05. The second-order valence-corrected chi connectivity index (χ2v) is 6.72. The fraction of sp³-hybridized carbons (Fsp3) is 0.944. The van der Waals surface area contributed by atoms with E-state index in [4.69, 9.17) is 14.9 Å². The van der Waals surface area contributed by atoms with Crippen molar-refractivity contribution in [2.24, 2.45) is 0 Å². The lowest BCUT2D eigenvalue weighted by Crippen LogP contribution is -2.59. The van der Waals surface area contributed by atoms with E-state index in [0.717, 1.165) is 25.7 Å². The molecule has 0 unspecified atom stereocenters. The van der Waals surface area contributed by atoms with Gasteiger partial charge in [0.2, 0.25) is 0 Å². The molecule has 0 aromatic rings. The molecule has 8 nitrogen and oxygen atoms in total. The van der Waals surface area contributed by atoms with Gasteiger partial charge in [0.1, 0.15) is 18.3 Å². The number of carboxylic acids is 1. The van der Waals surface area contributed by atoms with Crippen molar-refractivity contribution < 1.29 is 40.2 Å². The van der Waals surface area contributed by atoms with Gasteiger partial charge in [0.05, 0.1) is 13.2 Å². The highest BCUT2D eigenvalue weighted by molar-refractivity contribution is 5.76. The molecule has 8 heteroatoms. The Hall–Kier alpha value is -0.770. The number of aliphatic hydroxyl groups is 5. The van der Waals surface area contributed by atoms with Crippen LogP contribution >= 0.6 is 0 Å². The third kappa shape index (κ3) is 9.25. The van der Waals surface area contributed by atoms with Gasteiger partial charge in [-0.2, -0.15) is 0 Å². The van der Waals surface area contributed by atoms with E-state index in [1.54, 1.807) is 0 Å². The number of aliphatic carboxylic acids is 1. The number of hydrogen-bond acceptors (Lipinski definition) is 7. The summed E-state index contributed by atoms with van der Waals surface area (Å²) in [6.07, 6.45) is 4.60. The second-order valence-electron chi connectivity index (χ2n) is 6.72. The van der Waals surface area contributed by atoms with Crippen molar-refractivity contribution in [3.63, 3.8) is 0 Å². The number of hydrogen-bond donors (Lipinski definition) is 6. The maximum atomic E-state index is 11.2. The number of carboxylic acid groups (broad SMARTS) is 1. The van der Waals surface area contributed by atoms with E-state index < -0.39 is 36.7 Å². The lowest BCUT2D eigenvalue weighted by Gasteiger charge is -2.32. The zero-order valence-corrected chi connectivity index (χ0v) is 15.7. The summed E-state index contributed by atoms with van der Waals surface area (Å²) in [7, 11) is 0. The summed E-state index contributed by atoms with van der Waals surface area (Å²) < 4.78 is 4.89. The molecule has 0 bridgehead atoms. The number of aliphatic hydroxyl groups excluding tert-OH is 4. The van der Waals surface area contributed by atoms with Crippen LogP contribution in [0, 0.1) is 0 Å². The van der Waals surface area contributed by atoms with Crippen LogP contribution in [0.5, 0.6) is 0 Å². The maximum Gasteiger partial charge on any atom is 0.367 e. The first-order valence-electron chi connectivity index (χ1n) is 9.56. The molecule has 0 radical (unpaired) electrons. The van der Waals surface area contributed by atoms with Crippen molar-refractivity contribution in [1.29, 1.82) is 0 Å². The average molecular weight is 380 g/mol. The minimum absolute atomic E-state index is 0.113. The lowest BCUT2D eigenvalue weighted by atomic mass is 10.00. The van der Waals surface area contributed by atoms with Crippen molar-refractivity contribution in [2.45, 2.75) is 95.2 Å². The molecule has 0 fully saturated rings.